The highest BCUT2D eigenvalue weighted by atomic mass is 28.2. The molecule has 0 aliphatic heterocycles. The minimum atomic E-state index is -0.184. The molecule has 0 radical (unpaired) electrons. The lowest BCUT2D eigenvalue weighted by Crippen LogP contribution is -2.44. The number of rotatable bonds is 7. The van der Waals surface area contributed by atoms with E-state index in [4.69, 9.17) is 0 Å². The van der Waals surface area contributed by atoms with E-state index in [1.165, 1.54) is 19.4 Å². The van der Waals surface area contributed by atoms with Crippen LogP contribution in [0.3, 0.4) is 0 Å². The zero-order valence-corrected chi connectivity index (χ0v) is 12.3. The Bertz CT molecular complexity index is 139. The molecule has 1 unspecified atom stereocenters. The van der Waals surface area contributed by atoms with Crippen molar-refractivity contribution < 1.29 is 0 Å². The van der Waals surface area contributed by atoms with E-state index in [9.17, 15) is 0 Å². The van der Waals surface area contributed by atoms with E-state index in [0.29, 0.717) is 0 Å². The van der Waals surface area contributed by atoms with E-state index in [-0.39, 0.29) is 9.84 Å². The van der Waals surface area contributed by atoms with E-state index < -0.39 is 0 Å². The number of unbranched alkanes of at least 4 members (excludes halogenated alkanes) is 1. The van der Waals surface area contributed by atoms with Crippen molar-refractivity contribution in [2.75, 3.05) is 20.6 Å². The maximum atomic E-state index is 2.57. The molecule has 0 bridgehead atoms. The average Bonchev–Trinajstić information content (AvgIpc) is 2.13. The van der Waals surface area contributed by atoms with Crippen molar-refractivity contribution in [1.82, 2.24) is 9.13 Å². The predicted molar refractivity (Wildman–Crippen MR) is 68.1 cm³/mol. The van der Waals surface area contributed by atoms with Gasteiger partial charge in [0, 0.05) is 6.04 Å². The van der Waals surface area contributed by atoms with E-state index in [0.717, 1.165) is 12.0 Å². The first-order chi connectivity index (χ1) is 6.49. The van der Waals surface area contributed by atoms with Crippen molar-refractivity contribution >= 4 is 9.84 Å². The van der Waals surface area contributed by atoms with Crippen LogP contribution in [0.15, 0.2) is 0 Å². The largest absolute Gasteiger partial charge is 0.319 e. The molecule has 0 aliphatic carbocycles. The van der Waals surface area contributed by atoms with Crippen LogP contribution >= 0.6 is 0 Å². The Morgan fingerprint density at radius 2 is 1.71 bits per heavy atom. The van der Waals surface area contributed by atoms with Gasteiger partial charge >= 0.3 is 0 Å². The summed E-state index contributed by atoms with van der Waals surface area (Å²) in [6.07, 6.45) is 2.65. The first-order valence-corrected chi connectivity index (χ1v) is 7.14. The topological polar surface area (TPSA) is 6.48 Å². The maximum Gasteiger partial charge on any atom is 0.172 e. The zero-order valence-electron chi connectivity index (χ0n) is 10.9. The Morgan fingerprint density at radius 3 is 2.14 bits per heavy atom. The summed E-state index contributed by atoms with van der Waals surface area (Å²) >= 11 is 0. The Labute approximate surface area is 92.6 Å². The van der Waals surface area contributed by atoms with Crippen LogP contribution in [0.2, 0.25) is 0 Å². The molecule has 3 heteroatoms. The molecule has 0 aliphatic rings. The van der Waals surface area contributed by atoms with Crippen molar-refractivity contribution in [3.05, 3.63) is 0 Å². The lowest BCUT2D eigenvalue weighted by atomic mass is 10.1. The van der Waals surface area contributed by atoms with Crippen molar-refractivity contribution in [2.45, 2.75) is 46.6 Å². The monoisotopic (exact) mass is 216 g/mol. The van der Waals surface area contributed by atoms with Crippen LogP contribution in [-0.2, 0) is 0 Å². The second-order valence-corrected chi connectivity index (χ2v) is 7.18. The predicted octanol–water partition coefficient (Wildman–Crippen LogP) is 1.69. The fourth-order valence-corrected chi connectivity index (χ4v) is 3.32. The molecular formula is C11H28N2Si. The summed E-state index contributed by atoms with van der Waals surface area (Å²) in [6, 6.07) is 0.728. The van der Waals surface area contributed by atoms with Crippen LogP contribution in [-0.4, -0.2) is 45.7 Å². The van der Waals surface area contributed by atoms with Gasteiger partial charge in [-0.15, -0.1) is 0 Å². The Kier molecular flexibility index (Phi) is 7.50. The third-order valence-electron chi connectivity index (χ3n) is 3.02. The van der Waals surface area contributed by atoms with Gasteiger partial charge in [-0.2, -0.15) is 0 Å². The molecule has 14 heavy (non-hydrogen) atoms. The minimum absolute atomic E-state index is 0.184. The van der Waals surface area contributed by atoms with Crippen LogP contribution in [0, 0.1) is 5.92 Å². The highest BCUT2D eigenvalue weighted by Gasteiger charge is 2.14. The van der Waals surface area contributed by atoms with Crippen LogP contribution in [0.5, 0.6) is 0 Å². The summed E-state index contributed by atoms with van der Waals surface area (Å²) in [7, 11) is 4.36. The standard InChI is InChI=1S/C11H28N2Si/c1-7-8-9-12(5)14-13(6)11(4)10(2)3/h10-11H,7-9,14H2,1-6H3. The zero-order chi connectivity index (χ0) is 11.1. The minimum Gasteiger partial charge on any atom is -0.319 e. The highest BCUT2D eigenvalue weighted by Crippen LogP contribution is 2.07. The van der Waals surface area contributed by atoms with Crippen LogP contribution in [0.4, 0.5) is 0 Å². The molecule has 0 N–H and O–H groups in total. The van der Waals surface area contributed by atoms with Gasteiger partial charge in [-0.25, -0.2) is 0 Å². The third kappa shape index (κ3) is 5.78. The average molecular weight is 216 g/mol. The molecule has 0 saturated heterocycles. The van der Waals surface area contributed by atoms with E-state index in [1.54, 1.807) is 0 Å². The summed E-state index contributed by atoms with van der Waals surface area (Å²) in [5, 5.41) is 0. The molecule has 0 aromatic rings. The lowest BCUT2D eigenvalue weighted by molar-refractivity contribution is 0.302. The summed E-state index contributed by atoms with van der Waals surface area (Å²) in [6.45, 7) is 10.5. The first-order valence-electron chi connectivity index (χ1n) is 5.87. The van der Waals surface area contributed by atoms with Crippen LogP contribution < -0.4 is 0 Å². The summed E-state index contributed by atoms with van der Waals surface area (Å²) in [5.74, 6) is 0.770. The molecule has 0 amide bonds. The van der Waals surface area contributed by atoms with Gasteiger partial charge in [-0.3, -0.25) is 0 Å². The van der Waals surface area contributed by atoms with E-state index in [1.807, 2.05) is 0 Å². The first kappa shape index (κ1) is 14.1. The molecule has 1 atom stereocenters. The maximum absolute atomic E-state index is 2.57. The molecule has 0 aromatic heterocycles. The van der Waals surface area contributed by atoms with Gasteiger partial charge in [0.1, 0.15) is 0 Å². The van der Waals surface area contributed by atoms with Gasteiger partial charge < -0.3 is 9.13 Å². The lowest BCUT2D eigenvalue weighted by Gasteiger charge is -2.31. The summed E-state index contributed by atoms with van der Waals surface area (Å²) in [5.41, 5.74) is 0. The number of nitrogens with zero attached hydrogens (tertiary/aromatic N) is 2. The highest BCUT2D eigenvalue weighted by molar-refractivity contribution is 6.28. The Morgan fingerprint density at radius 1 is 1.14 bits per heavy atom. The fraction of sp³-hybridized carbons (Fsp3) is 1.00. The summed E-state index contributed by atoms with van der Waals surface area (Å²) in [4.78, 5) is 0. The molecular weight excluding hydrogens is 188 g/mol. The normalized spacial score (nSPS) is 15.2. The molecule has 0 fully saturated rings. The molecule has 2 nitrogen and oxygen atoms in total. The smallest absolute Gasteiger partial charge is 0.172 e. The molecule has 0 spiro atoms. The number of hydrogen-bond donors (Lipinski definition) is 0. The van der Waals surface area contributed by atoms with Crippen molar-refractivity contribution in [2.24, 2.45) is 5.92 Å². The van der Waals surface area contributed by atoms with Crippen molar-refractivity contribution in [1.29, 1.82) is 0 Å². The van der Waals surface area contributed by atoms with E-state index in [2.05, 4.69) is 50.9 Å². The second kappa shape index (κ2) is 7.43. The van der Waals surface area contributed by atoms with Gasteiger partial charge in [0.2, 0.25) is 0 Å². The van der Waals surface area contributed by atoms with E-state index >= 15 is 0 Å². The van der Waals surface area contributed by atoms with Gasteiger partial charge in [0.05, 0.1) is 0 Å². The van der Waals surface area contributed by atoms with Gasteiger partial charge in [0.25, 0.3) is 0 Å². The van der Waals surface area contributed by atoms with Crippen LogP contribution in [0.25, 0.3) is 0 Å². The van der Waals surface area contributed by atoms with Crippen molar-refractivity contribution in [3.63, 3.8) is 0 Å². The Balaban J connectivity index is 3.74. The molecule has 0 aromatic carbocycles. The van der Waals surface area contributed by atoms with Gasteiger partial charge in [-0.1, -0.05) is 27.2 Å². The van der Waals surface area contributed by atoms with Gasteiger partial charge in [0.15, 0.2) is 9.84 Å². The number of hydrogen-bond acceptors (Lipinski definition) is 2. The molecule has 86 valence electrons. The summed E-state index contributed by atoms with van der Waals surface area (Å²) < 4.78 is 5.11. The SMILES string of the molecule is CCCCN(C)[SiH2]N(C)C(C)C(C)C. The fourth-order valence-electron chi connectivity index (χ4n) is 1.52. The van der Waals surface area contributed by atoms with Crippen molar-refractivity contribution in [3.8, 4) is 0 Å². The third-order valence-corrected chi connectivity index (χ3v) is 4.84. The Hall–Kier alpha value is 0.137. The van der Waals surface area contributed by atoms with Gasteiger partial charge in [-0.05, 0) is 39.9 Å². The molecule has 0 heterocycles. The molecule has 0 saturated carbocycles. The molecule has 0 rings (SSSR count). The van der Waals surface area contributed by atoms with Crippen LogP contribution in [0.1, 0.15) is 40.5 Å². The second-order valence-electron chi connectivity index (χ2n) is 4.82. The quantitative estimate of drug-likeness (QED) is 0.598.